The SMILES string of the molecule is CC(=O)Oc1ccc([C@H](CCN2C3CCC2CC(C)C3)NC(=O)C2CCCCC2)s1. The van der Waals surface area contributed by atoms with Crippen molar-refractivity contribution in [1.29, 1.82) is 0 Å². The van der Waals surface area contributed by atoms with Crippen molar-refractivity contribution >= 4 is 23.2 Å². The van der Waals surface area contributed by atoms with Crippen LogP contribution in [0.15, 0.2) is 12.1 Å². The molecule has 2 bridgehead atoms. The molecule has 1 aromatic rings. The zero-order valence-corrected chi connectivity index (χ0v) is 19.2. The van der Waals surface area contributed by atoms with Gasteiger partial charge in [0.1, 0.15) is 0 Å². The van der Waals surface area contributed by atoms with Crippen molar-refractivity contribution in [3.63, 3.8) is 0 Å². The summed E-state index contributed by atoms with van der Waals surface area (Å²) in [5, 5.41) is 3.98. The Bertz CT molecular complexity index is 729. The fourth-order valence-corrected chi connectivity index (χ4v) is 6.83. The van der Waals surface area contributed by atoms with E-state index in [1.807, 2.05) is 12.1 Å². The molecule has 166 valence electrons. The summed E-state index contributed by atoms with van der Waals surface area (Å²) in [5.41, 5.74) is 0. The van der Waals surface area contributed by atoms with Crippen LogP contribution in [0.1, 0.15) is 89.0 Å². The number of hydrogen-bond donors (Lipinski definition) is 1. The molecule has 1 N–H and O–H groups in total. The lowest BCUT2D eigenvalue weighted by Gasteiger charge is -2.38. The second-order valence-corrected chi connectivity index (χ2v) is 10.7. The van der Waals surface area contributed by atoms with Gasteiger partial charge in [0.05, 0.1) is 6.04 Å². The van der Waals surface area contributed by atoms with Crippen LogP contribution in [0.4, 0.5) is 0 Å². The van der Waals surface area contributed by atoms with E-state index in [0.29, 0.717) is 17.1 Å². The number of thiophene rings is 1. The maximum Gasteiger partial charge on any atom is 0.308 e. The molecule has 2 saturated heterocycles. The number of carbonyl (C=O) groups excluding carboxylic acids is 2. The van der Waals surface area contributed by atoms with Gasteiger partial charge in [0.2, 0.25) is 5.91 Å². The second kappa shape index (κ2) is 9.82. The minimum absolute atomic E-state index is 0.00696. The third-order valence-corrected chi connectivity index (χ3v) is 8.36. The number of ether oxygens (including phenoxy) is 1. The number of fused-ring (bicyclic) bond motifs is 2. The third-order valence-electron chi connectivity index (χ3n) is 7.28. The van der Waals surface area contributed by atoms with Crippen LogP contribution in [0, 0.1) is 11.8 Å². The van der Waals surface area contributed by atoms with E-state index in [2.05, 4.69) is 17.1 Å². The minimum atomic E-state index is -0.301. The smallest absolute Gasteiger partial charge is 0.308 e. The topological polar surface area (TPSA) is 58.6 Å². The van der Waals surface area contributed by atoms with Crippen LogP contribution in [-0.2, 0) is 9.59 Å². The largest absolute Gasteiger partial charge is 0.416 e. The lowest BCUT2D eigenvalue weighted by atomic mass is 9.88. The molecule has 0 spiro atoms. The van der Waals surface area contributed by atoms with Crippen molar-refractivity contribution in [2.45, 2.75) is 96.2 Å². The highest BCUT2D eigenvalue weighted by Gasteiger charge is 2.39. The van der Waals surface area contributed by atoms with Gasteiger partial charge in [0.25, 0.3) is 0 Å². The molecule has 3 atom stereocenters. The first kappa shape index (κ1) is 21.8. The number of rotatable bonds is 7. The summed E-state index contributed by atoms with van der Waals surface area (Å²) in [6.45, 7) is 4.84. The molecule has 6 heteroatoms. The van der Waals surface area contributed by atoms with E-state index >= 15 is 0 Å². The summed E-state index contributed by atoms with van der Waals surface area (Å²) in [7, 11) is 0. The first-order chi connectivity index (χ1) is 14.5. The zero-order valence-electron chi connectivity index (χ0n) is 18.4. The van der Waals surface area contributed by atoms with Crippen molar-refractivity contribution in [3.8, 4) is 5.06 Å². The zero-order chi connectivity index (χ0) is 21.1. The van der Waals surface area contributed by atoms with Gasteiger partial charge in [-0.15, -0.1) is 11.3 Å². The summed E-state index contributed by atoms with van der Waals surface area (Å²) >= 11 is 1.49. The van der Waals surface area contributed by atoms with Crippen molar-refractivity contribution in [3.05, 3.63) is 17.0 Å². The number of nitrogens with zero attached hydrogens (tertiary/aromatic N) is 1. The van der Waals surface area contributed by atoms with Gasteiger partial charge in [-0.25, -0.2) is 0 Å². The maximum atomic E-state index is 13.0. The van der Waals surface area contributed by atoms with Gasteiger partial charge in [0.15, 0.2) is 5.06 Å². The molecule has 1 aliphatic carbocycles. The molecule has 4 rings (SSSR count). The van der Waals surface area contributed by atoms with Gasteiger partial charge in [-0.05, 0) is 63.0 Å². The van der Waals surface area contributed by atoms with E-state index in [-0.39, 0.29) is 23.8 Å². The van der Waals surface area contributed by atoms with E-state index in [9.17, 15) is 9.59 Å². The first-order valence-electron chi connectivity index (χ1n) is 11.8. The highest BCUT2D eigenvalue weighted by Crippen LogP contribution is 2.39. The van der Waals surface area contributed by atoms with Crippen molar-refractivity contribution in [2.24, 2.45) is 11.8 Å². The Labute approximate surface area is 184 Å². The molecule has 5 nitrogen and oxygen atoms in total. The Kier molecular flexibility index (Phi) is 7.14. The highest BCUT2D eigenvalue weighted by atomic mass is 32.1. The van der Waals surface area contributed by atoms with Gasteiger partial charge in [-0.2, -0.15) is 0 Å². The van der Waals surface area contributed by atoms with Crippen LogP contribution in [0.25, 0.3) is 0 Å². The number of amides is 1. The maximum absolute atomic E-state index is 13.0. The van der Waals surface area contributed by atoms with Crippen LogP contribution in [0.3, 0.4) is 0 Å². The summed E-state index contributed by atoms with van der Waals surface area (Å²) in [5.74, 6) is 0.896. The quantitative estimate of drug-likeness (QED) is 0.612. The molecule has 0 radical (unpaired) electrons. The standard InChI is InChI=1S/C24H36N2O3S/c1-16-14-19-8-9-20(15-16)26(19)13-12-21(22-10-11-23(30-22)29-17(2)27)25-24(28)18-6-4-3-5-7-18/h10-11,16,18-21H,3-9,12-15H2,1-2H3,(H,25,28)/t16?,19?,20?,21-/m0/s1. The summed E-state index contributed by atoms with van der Waals surface area (Å²) in [4.78, 5) is 28.1. The molecule has 1 saturated carbocycles. The Morgan fingerprint density at radius 2 is 1.83 bits per heavy atom. The number of carbonyl (C=O) groups is 2. The Hall–Kier alpha value is -1.40. The lowest BCUT2D eigenvalue weighted by Crippen LogP contribution is -2.44. The van der Waals surface area contributed by atoms with Crippen molar-refractivity contribution < 1.29 is 14.3 Å². The van der Waals surface area contributed by atoms with Crippen LogP contribution in [0.5, 0.6) is 5.06 Å². The van der Waals surface area contributed by atoms with Crippen molar-refractivity contribution in [1.82, 2.24) is 10.2 Å². The van der Waals surface area contributed by atoms with Crippen LogP contribution in [0.2, 0.25) is 0 Å². The number of esters is 1. The van der Waals surface area contributed by atoms with Crippen molar-refractivity contribution in [2.75, 3.05) is 6.54 Å². The van der Waals surface area contributed by atoms with Gasteiger partial charge >= 0.3 is 5.97 Å². The van der Waals surface area contributed by atoms with Gasteiger partial charge in [-0.3, -0.25) is 14.5 Å². The second-order valence-electron chi connectivity index (χ2n) is 9.63. The molecular weight excluding hydrogens is 396 g/mol. The summed E-state index contributed by atoms with van der Waals surface area (Å²) in [6, 6.07) is 5.30. The molecule has 0 aromatic carbocycles. The molecule has 1 aromatic heterocycles. The lowest BCUT2D eigenvalue weighted by molar-refractivity contribution is -0.131. The van der Waals surface area contributed by atoms with Gasteiger partial charge < -0.3 is 10.1 Å². The normalized spacial score (nSPS) is 28.3. The summed E-state index contributed by atoms with van der Waals surface area (Å²) < 4.78 is 5.27. The van der Waals surface area contributed by atoms with E-state index < -0.39 is 0 Å². The molecule has 2 aliphatic heterocycles. The molecule has 30 heavy (non-hydrogen) atoms. The van der Waals surface area contributed by atoms with E-state index in [1.165, 1.54) is 50.4 Å². The van der Waals surface area contributed by atoms with Crippen LogP contribution < -0.4 is 10.1 Å². The Morgan fingerprint density at radius 1 is 1.13 bits per heavy atom. The average Bonchev–Trinajstić information content (AvgIpc) is 3.27. The van der Waals surface area contributed by atoms with Gasteiger partial charge in [-0.1, -0.05) is 26.2 Å². The Morgan fingerprint density at radius 3 is 2.50 bits per heavy atom. The molecule has 3 aliphatic rings. The number of hydrogen-bond acceptors (Lipinski definition) is 5. The van der Waals surface area contributed by atoms with Gasteiger partial charge in [0, 0.05) is 36.3 Å². The summed E-state index contributed by atoms with van der Waals surface area (Å²) in [6.07, 6.45) is 11.8. The predicted molar refractivity (Wildman–Crippen MR) is 120 cm³/mol. The fraction of sp³-hybridized carbons (Fsp3) is 0.750. The third kappa shape index (κ3) is 5.25. The highest BCUT2D eigenvalue weighted by molar-refractivity contribution is 7.14. The van der Waals surface area contributed by atoms with Crippen LogP contribution in [-0.4, -0.2) is 35.4 Å². The number of nitrogens with one attached hydrogen (secondary N) is 1. The van der Waals surface area contributed by atoms with Crippen LogP contribution >= 0.6 is 11.3 Å². The number of piperidine rings is 1. The average molecular weight is 433 g/mol. The molecule has 3 fully saturated rings. The molecule has 1 amide bonds. The predicted octanol–water partition coefficient (Wildman–Crippen LogP) is 5.06. The molecule has 2 unspecified atom stereocenters. The monoisotopic (exact) mass is 432 g/mol. The van der Waals surface area contributed by atoms with E-state index in [1.54, 1.807) is 0 Å². The van der Waals surface area contributed by atoms with E-state index in [0.717, 1.165) is 49.4 Å². The fourth-order valence-electron chi connectivity index (χ4n) is 5.85. The Balaban J connectivity index is 1.43. The van der Waals surface area contributed by atoms with E-state index in [4.69, 9.17) is 4.74 Å². The minimum Gasteiger partial charge on any atom is -0.416 e. The molecule has 3 heterocycles. The first-order valence-corrected chi connectivity index (χ1v) is 12.7. The molecular formula is C24H36N2O3S.